The van der Waals surface area contributed by atoms with E-state index in [1.54, 1.807) is 30.3 Å². The second kappa shape index (κ2) is 16.6. The van der Waals surface area contributed by atoms with Crippen LogP contribution in [-0.2, 0) is 9.53 Å². The molecular formula is C32H42O5. The first-order chi connectivity index (χ1) is 18.1. The molecule has 1 fully saturated rings. The molecule has 0 aliphatic heterocycles. The van der Waals surface area contributed by atoms with Crippen molar-refractivity contribution in [3.05, 3.63) is 65.7 Å². The van der Waals surface area contributed by atoms with Crippen LogP contribution >= 0.6 is 0 Å². The summed E-state index contributed by atoms with van der Waals surface area (Å²) in [7, 11) is 0. The standard InChI is InChI=1S/C32H42O5/c1-2-3-4-5-6-7-8-12-25-35-28-20-15-26(16-21-28)17-24-31(33)36-30-22-18-27(19-23-30)32(34)37-29-13-10-9-11-14-29/h15-24,29H,2-14,25H2,1H3/b24-17+. The smallest absolute Gasteiger partial charge is 0.338 e. The van der Waals surface area contributed by atoms with E-state index in [9.17, 15) is 9.59 Å². The van der Waals surface area contributed by atoms with E-state index in [1.165, 1.54) is 57.4 Å². The SMILES string of the molecule is CCCCCCCCCCOc1ccc(/C=C/C(=O)Oc2ccc(C(=O)OC3CCCCC3)cc2)cc1. The molecular weight excluding hydrogens is 464 g/mol. The van der Waals surface area contributed by atoms with Gasteiger partial charge in [0.1, 0.15) is 17.6 Å². The normalized spacial score (nSPS) is 14.0. The average Bonchev–Trinajstić information content (AvgIpc) is 2.92. The van der Waals surface area contributed by atoms with Gasteiger partial charge in [0.25, 0.3) is 0 Å². The van der Waals surface area contributed by atoms with Crippen molar-refractivity contribution in [3.8, 4) is 11.5 Å². The third-order valence-corrected chi connectivity index (χ3v) is 6.69. The number of carbonyl (C=O) groups excluding carboxylic acids is 2. The average molecular weight is 507 g/mol. The first-order valence-corrected chi connectivity index (χ1v) is 14.1. The van der Waals surface area contributed by atoms with Crippen LogP contribution in [0.15, 0.2) is 54.6 Å². The van der Waals surface area contributed by atoms with E-state index in [-0.39, 0.29) is 12.1 Å². The van der Waals surface area contributed by atoms with Gasteiger partial charge in [0.15, 0.2) is 0 Å². The summed E-state index contributed by atoms with van der Waals surface area (Å²) in [6.07, 6.45) is 18.6. The predicted octanol–water partition coefficient (Wildman–Crippen LogP) is 8.31. The maximum Gasteiger partial charge on any atom is 0.338 e. The molecule has 0 saturated heterocycles. The number of carbonyl (C=O) groups is 2. The second-order valence-corrected chi connectivity index (χ2v) is 9.84. The third kappa shape index (κ3) is 11.2. The summed E-state index contributed by atoms with van der Waals surface area (Å²) in [5.41, 5.74) is 1.35. The van der Waals surface area contributed by atoms with Crippen molar-refractivity contribution < 1.29 is 23.8 Å². The maximum atomic E-state index is 12.3. The van der Waals surface area contributed by atoms with Gasteiger partial charge < -0.3 is 14.2 Å². The first kappa shape index (κ1) is 28.5. The molecule has 0 bridgehead atoms. The van der Waals surface area contributed by atoms with E-state index in [1.807, 2.05) is 24.3 Å². The van der Waals surface area contributed by atoms with E-state index in [2.05, 4.69) is 6.92 Å². The van der Waals surface area contributed by atoms with Crippen molar-refractivity contribution >= 4 is 18.0 Å². The summed E-state index contributed by atoms with van der Waals surface area (Å²) in [4.78, 5) is 24.5. The van der Waals surface area contributed by atoms with Crippen LogP contribution in [0, 0.1) is 0 Å². The van der Waals surface area contributed by atoms with Gasteiger partial charge in [0.2, 0.25) is 0 Å². The minimum absolute atomic E-state index is 0.0134. The highest BCUT2D eigenvalue weighted by molar-refractivity contribution is 5.90. The minimum Gasteiger partial charge on any atom is -0.494 e. The van der Waals surface area contributed by atoms with Crippen molar-refractivity contribution in [2.24, 2.45) is 0 Å². The van der Waals surface area contributed by atoms with Gasteiger partial charge in [-0.3, -0.25) is 0 Å². The van der Waals surface area contributed by atoms with Crippen LogP contribution in [0.1, 0.15) is 106 Å². The van der Waals surface area contributed by atoms with E-state index < -0.39 is 5.97 Å². The molecule has 0 spiro atoms. The van der Waals surface area contributed by atoms with Crippen LogP contribution < -0.4 is 9.47 Å². The zero-order chi connectivity index (χ0) is 26.1. The molecule has 0 atom stereocenters. The summed E-state index contributed by atoms with van der Waals surface area (Å²) in [6, 6.07) is 14.2. The summed E-state index contributed by atoms with van der Waals surface area (Å²) in [5.74, 6) is 0.417. The van der Waals surface area contributed by atoms with Crippen molar-refractivity contribution in [2.45, 2.75) is 96.5 Å². The molecule has 0 radical (unpaired) electrons. The van der Waals surface area contributed by atoms with Crippen LogP contribution in [-0.4, -0.2) is 24.6 Å². The van der Waals surface area contributed by atoms with Crippen molar-refractivity contribution in [3.63, 3.8) is 0 Å². The number of benzene rings is 2. The van der Waals surface area contributed by atoms with E-state index in [0.29, 0.717) is 11.3 Å². The molecule has 1 aliphatic carbocycles. The number of esters is 2. The molecule has 0 N–H and O–H groups in total. The number of rotatable bonds is 15. The molecule has 1 saturated carbocycles. The highest BCUT2D eigenvalue weighted by atomic mass is 16.5. The third-order valence-electron chi connectivity index (χ3n) is 6.69. The Morgan fingerprint density at radius 2 is 1.41 bits per heavy atom. The predicted molar refractivity (Wildman–Crippen MR) is 148 cm³/mol. The fourth-order valence-corrected chi connectivity index (χ4v) is 4.48. The Hall–Kier alpha value is -3.08. The lowest BCUT2D eigenvalue weighted by Crippen LogP contribution is -2.20. The largest absolute Gasteiger partial charge is 0.494 e. The zero-order valence-electron chi connectivity index (χ0n) is 22.3. The quantitative estimate of drug-likeness (QED) is 0.105. The highest BCUT2D eigenvalue weighted by Gasteiger charge is 2.18. The molecule has 0 aromatic heterocycles. The number of hydrogen-bond acceptors (Lipinski definition) is 5. The molecule has 5 heteroatoms. The van der Waals surface area contributed by atoms with E-state index in [0.717, 1.165) is 50.0 Å². The molecule has 37 heavy (non-hydrogen) atoms. The van der Waals surface area contributed by atoms with Gasteiger partial charge in [0.05, 0.1) is 12.2 Å². The van der Waals surface area contributed by atoms with Crippen molar-refractivity contribution in [2.75, 3.05) is 6.61 Å². The highest BCUT2D eigenvalue weighted by Crippen LogP contribution is 2.22. The second-order valence-electron chi connectivity index (χ2n) is 9.84. The van der Waals surface area contributed by atoms with E-state index in [4.69, 9.17) is 14.2 Å². The molecule has 5 nitrogen and oxygen atoms in total. The Bertz CT molecular complexity index is 956. The van der Waals surface area contributed by atoms with E-state index >= 15 is 0 Å². The number of ether oxygens (including phenoxy) is 3. The lowest BCUT2D eigenvalue weighted by atomic mass is 9.98. The summed E-state index contributed by atoms with van der Waals surface area (Å²) >= 11 is 0. The molecule has 0 unspecified atom stereocenters. The summed E-state index contributed by atoms with van der Waals surface area (Å²) in [6.45, 7) is 2.97. The Morgan fingerprint density at radius 1 is 0.784 bits per heavy atom. The lowest BCUT2D eigenvalue weighted by molar-refractivity contribution is -0.128. The molecule has 2 aromatic carbocycles. The topological polar surface area (TPSA) is 61.8 Å². The molecule has 1 aliphatic rings. The van der Waals surface area contributed by atoms with Gasteiger partial charge >= 0.3 is 11.9 Å². The zero-order valence-corrected chi connectivity index (χ0v) is 22.3. The van der Waals surface area contributed by atoms with Crippen LogP contribution in [0.25, 0.3) is 6.08 Å². The van der Waals surface area contributed by atoms with Crippen LogP contribution in [0.4, 0.5) is 0 Å². The molecule has 0 heterocycles. The minimum atomic E-state index is -0.479. The molecule has 200 valence electrons. The Morgan fingerprint density at radius 3 is 2.08 bits per heavy atom. The van der Waals surface area contributed by atoms with Crippen LogP contribution in [0.5, 0.6) is 11.5 Å². The van der Waals surface area contributed by atoms with Crippen LogP contribution in [0.3, 0.4) is 0 Å². The fraction of sp³-hybridized carbons (Fsp3) is 0.500. The first-order valence-electron chi connectivity index (χ1n) is 14.1. The lowest BCUT2D eigenvalue weighted by Gasteiger charge is -2.21. The number of hydrogen-bond donors (Lipinski definition) is 0. The summed E-state index contributed by atoms with van der Waals surface area (Å²) < 4.78 is 16.8. The summed E-state index contributed by atoms with van der Waals surface area (Å²) in [5, 5.41) is 0. The van der Waals surface area contributed by atoms with Crippen LogP contribution in [0.2, 0.25) is 0 Å². The fourth-order valence-electron chi connectivity index (χ4n) is 4.48. The molecule has 0 amide bonds. The Labute approximate surface area is 222 Å². The van der Waals surface area contributed by atoms with Gasteiger partial charge in [-0.25, -0.2) is 9.59 Å². The van der Waals surface area contributed by atoms with Crippen molar-refractivity contribution in [1.29, 1.82) is 0 Å². The number of unbranched alkanes of at least 4 members (excludes halogenated alkanes) is 7. The van der Waals surface area contributed by atoms with Gasteiger partial charge in [-0.1, -0.05) is 70.4 Å². The Balaban J connectivity index is 1.33. The van der Waals surface area contributed by atoms with Gasteiger partial charge in [0, 0.05) is 6.08 Å². The molecule has 3 rings (SSSR count). The van der Waals surface area contributed by atoms with Gasteiger partial charge in [-0.15, -0.1) is 0 Å². The van der Waals surface area contributed by atoms with Gasteiger partial charge in [-0.05, 0) is 80.1 Å². The Kier molecular flexibility index (Phi) is 12.8. The maximum absolute atomic E-state index is 12.3. The monoisotopic (exact) mass is 506 g/mol. The van der Waals surface area contributed by atoms with Crippen molar-refractivity contribution in [1.82, 2.24) is 0 Å². The van der Waals surface area contributed by atoms with Gasteiger partial charge in [-0.2, -0.15) is 0 Å². The molecule has 2 aromatic rings.